The molecule has 0 aliphatic carbocycles. The Balaban J connectivity index is 2.01. The smallest absolute Gasteiger partial charge is 0.307 e. The first-order valence-electron chi connectivity index (χ1n) is 9.10. The first-order chi connectivity index (χ1) is 12.4. The molecular formula is C19H28N2O4S. The van der Waals surface area contributed by atoms with Gasteiger partial charge in [0.2, 0.25) is 5.91 Å². The average molecular weight is 381 g/mol. The van der Waals surface area contributed by atoms with Crippen LogP contribution >= 0.6 is 11.3 Å². The van der Waals surface area contributed by atoms with Crippen molar-refractivity contribution in [1.29, 1.82) is 0 Å². The van der Waals surface area contributed by atoms with Gasteiger partial charge in [0.15, 0.2) is 0 Å². The number of amides is 2. The number of carbonyl (C=O) groups is 3. The molecule has 1 aliphatic heterocycles. The summed E-state index contributed by atoms with van der Waals surface area (Å²) in [4.78, 5) is 41.3. The lowest BCUT2D eigenvalue weighted by Crippen LogP contribution is -2.47. The molecule has 1 saturated heterocycles. The fraction of sp³-hybridized carbons (Fsp3) is 0.632. The highest BCUT2D eigenvalue weighted by atomic mass is 32.1. The SMILES string of the molecule is COC(=O)CCN(CC(C)C)C(=O)C1CCCN(C(=O)c2cccs2)C1. The number of methoxy groups -OCH3 is 1. The molecule has 1 fully saturated rings. The van der Waals surface area contributed by atoms with Crippen LogP contribution in [0.2, 0.25) is 0 Å². The summed E-state index contributed by atoms with van der Waals surface area (Å²) in [6.45, 7) is 6.19. The van der Waals surface area contributed by atoms with Crippen LogP contribution in [0.25, 0.3) is 0 Å². The van der Waals surface area contributed by atoms with Gasteiger partial charge in [-0.1, -0.05) is 19.9 Å². The molecule has 1 aromatic heterocycles. The third-order valence-corrected chi connectivity index (χ3v) is 5.36. The Morgan fingerprint density at radius 1 is 1.38 bits per heavy atom. The Hall–Kier alpha value is -1.89. The van der Waals surface area contributed by atoms with Crippen molar-refractivity contribution in [2.24, 2.45) is 11.8 Å². The van der Waals surface area contributed by atoms with E-state index in [1.807, 2.05) is 31.4 Å². The van der Waals surface area contributed by atoms with E-state index in [1.165, 1.54) is 18.4 Å². The van der Waals surface area contributed by atoms with Gasteiger partial charge in [-0.2, -0.15) is 0 Å². The quantitative estimate of drug-likeness (QED) is 0.682. The lowest BCUT2D eigenvalue weighted by atomic mass is 9.95. The maximum atomic E-state index is 13.0. The van der Waals surface area contributed by atoms with Crippen molar-refractivity contribution in [3.8, 4) is 0 Å². The van der Waals surface area contributed by atoms with Crippen LogP contribution in [0.4, 0.5) is 0 Å². The maximum absolute atomic E-state index is 13.0. The maximum Gasteiger partial charge on any atom is 0.307 e. The highest BCUT2D eigenvalue weighted by molar-refractivity contribution is 7.12. The van der Waals surface area contributed by atoms with Gasteiger partial charge in [-0.25, -0.2) is 0 Å². The predicted octanol–water partition coefficient (Wildman–Crippen LogP) is 2.65. The summed E-state index contributed by atoms with van der Waals surface area (Å²) in [6.07, 6.45) is 1.79. The number of nitrogens with zero attached hydrogens (tertiary/aromatic N) is 2. The molecule has 1 unspecified atom stereocenters. The zero-order valence-corrected chi connectivity index (χ0v) is 16.6. The summed E-state index contributed by atoms with van der Waals surface area (Å²) in [5.41, 5.74) is 0. The Kier molecular flexibility index (Phi) is 7.63. The largest absolute Gasteiger partial charge is 0.469 e. The molecule has 0 saturated carbocycles. The fourth-order valence-corrected chi connectivity index (χ4v) is 3.93. The van der Waals surface area contributed by atoms with Crippen molar-refractivity contribution in [1.82, 2.24) is 9.80 Å². The minimum Gasteiger partial charge on any atom is -0.469 e. The monoisotopic (exact) mass is 380 g/mol. The Morgan fingerprint density at radius 2 is 2.15 bits per heavy atom. The molecule has 7 heteroatoms. The molecule has 2 heterocycles. The first-order valence-corrected chi connectivity index (χ1v) is 9.98. The van der Waals surface area contributed by atoms with E-state index in [1.54, 1.807) is 9.80 Å². The number of likely N-dealkylation sites (tertiary alicyclic amines) is 1. The number of thiophene rings is 1. The number of carbonyl (C=O) groups excluding carboxylic acids is 3. The molecular weight excluding hydrogens is 352 g/mol. The second kappa shape index (κ2) is 9.71. The van der Waals surface area contributed by atoms with Crippen LogP contribution in [0.15, 0.2) is 17.5 Å². The van der Waals surface area contributed by atoms with Crippen LogP contribution < -0.4 is 0 Å². The fourth-order valence-electron chi connectivity index (χ4n) is 3.24. The van der Waals surface area contributed by atoms with E-state index in [4.69, 9.17) is 4.74 Å². The average Bonchev–Trinajstić information content (AvgIpc) is 3.18. The van der Waals surface area contributed by atoms with E-state index in [2.05, 4.69) is 0 Å². The normalized spacial score (nSPS) is 17.2. The van der Waals surface area contributed by atoms with E-state index < -0.39 is 0 Å². The standard InChI is InChI=1S/C19H28N2O4S/c1-14(2)12-21(10-8-17(22)25-3)18(23)15-6-4-9-20(13-15)19(24)16-7-5-11-26-16/h5,7,11,14-15H,4,6,8-10,12-13H2,1-3H3. The van der Waals surface area contributed by atoms with Gasteiger partial charge in [0.25, 0.3) is 5.91 Å². The summed E-state index contributed by atoms with van der Waals surface area (Å²) in [5.74, 6) is -0.174. The van der Waals surface area contributed by atoms with Crippen molar-refractivity contribution in [3.05, 3.63) is 22.4 Å². The van der Waals surface area contributed by atoms with Gasteiger partial charge >= 0.3 is 5.97 Å². The van der Waals surface area contributed by atoms with E-state index in [-0.39, 0.29) is 30.1 Å². The highest BCUT2D eigenvalue weighted by Gasteiger charge is 2.32. The number of esters is 1. The van der Waals surface area contributed by atoms with E-state index in [0.29, 0.717) is 37.0 Å². The third-order valence-electron chi connectivity index (χ3n) is 4.50. The van der Waals surface area contributed by atoms with Crippen molar-refractivity contribution in [2.45, 2.75) is 33.1 Å². The van der Waals surface area contributed by atoms with Gasteiger partial charge in [0.05, 0.1) is 24.3 Å². The van der Waals surface area contributed by atoms with E-state index >= 15 is 0 Å². The van der Waals surface area contributed by atoms with Crippen LogP contribution in [0.5, 0.6) is 0 Å². The van der Waals surface area contributed by atoms with Crippen LogP contribution in [-0.2, 0) is 14.3 Å². The number of piperidine rings is 1. The Labute approximate surface area is 159 Å². The molecule has 0 spiro atoms. The molecule has 1 atom stereocenters. The zero-order valence-electron chi connectivity index (χ0n) is 15.8. The van der Waals surface area contributed by atoms with Gasteiger partial charge in [-0.15, -0.1) is 11.3 Å². The molecule has 0 bridgehead atoms. The zero-order chi connectivity index (χ0) is 19.1. The molecule has 0 aromatic carbocycles. The molecule has 2 rings (SSSR count). The number of hydrogen-bond acceptors (Lipinski definition) is 5. The van der Waals surface area contributed by atoms with Gasteiger partial charge in [0, 0.05) is 26.2 Å². The molecule has 6 nitrogen and oxygen atoms in total. The summed E-state index contributed by atoms with van der Waals surface area (Å²) < 4.78 is 4.69. The highest BCUT2D eigenvalue weighted by Crippen LogP contribution is 2.22. The van der Waals surface area contributed by atoms with Crippen molar-refractivity contribution < 1.29 is 19.1 Å². The van der Waals surface area contributed by atoms with Crippen LogP contribution in [-0.4, -0.2) is 60.9 Å². The Bertz CT molecular complexity index is 615. The minimum atomic E-state index is -0.315. The molecule has 0 N–H and O–H groups in total. The molecule has 1 aromatic rings. The minimum absolute atomic E-state index is 0.00229. The second-order valence-electron chi connectivity index (χ2n) is 7.07. The topological polar surface area (TPSA) is 66.9 Å². The molecule has 144 valence electrons. The van der Waals surface area contributed by atoms with Crippen molar-refractivity contribution in [3.63, 3.8) is 0 Å². The summed E-state index contributed by atoms with van der Waals surface area (Å²) in [7, 11) is 1.35. The van der Waals surface area contributed by atoms with Gasteiger partial charge in [-0.3, -0.25) is 14.4 Å². The van der Waals surface area contributed by atoms with E-state index in [0.717, 1.165) is 12.8 Å². The van der Waals surface area contributed by atoms with Crippen LogP contribution in [0.1, 0.15) is 42.8 Å². The van der Waals surface area contributed by atoms with E-state index in [9.17, 15) is 14.4 Å². The number of rotatable bonds is 7. The molecule has 0 radical (unpaired) electrons. The Morgan fingerprint density at radius 3 is 2.77 bits per heavy atom. The molecule has 26 heavy (non-hydrogen) atoms. The van der Waals surface area contributed by atoms with Crippen molar-refractivity contribution in [2.75, 3.05) is 33.3 Å². The van der Waals surface area contributed by atoms with Crippen LogP contribution in [0.3, 0.4) is 0 Å². The number of ether oxygens (including phenoxy) is 1. The molecule has 1 aliphatic rings. The second-order valence-corrected chi connectivity index (χ2v) is 8.02. The summed E-state index contributed by atoms with van der Waals surface area (Å²) in [5, 5.41) is 1.89. The summed E-state index contributed by atoms with van der Waals surface area (Å²) in [6, 6.07) is 3.68. The summed E-state index contributed by atoms with van der Waals surface area (Å²) >= 11 is 1.42. The lowest BCUT2D eigenvalue weighted by molar-refractivity contribution is -0.143. The van der Waals surface area contributed by atoms with Gasteiger partial charge in [-0.05, 0) is 30.2 Å². The first kappa shape index (κ1) is 20.4. The van der Waals surface area contributed by atoms with Gasteiger partial charge in [0.1, 0.15) is 0 Å². The van der Waals surface area contributed by atoms with Crippen LogP contribution in [0, 0.1) is 11.8 Å². The molecule has 2 amide bonds. The number of hydrogen-bond donors (Lipinski definition) is 0. The van der Waals surface area contributed by atoms with Crippen molar-refractivity contribution >= 4 is 29.1 Å². The van der Waals surface area contributed by atoms with Gasteiger partial charge < -0.3 is 14.5 Å². The lowest BCUT2D eigenvalue weighted by Gasteiger charge is -2.35. The predicted molar refractivity (Wildman–Crippen MR) is 101 cm³/mol. The third kappa shape index (κ3) is 5.56.